The largest absolute Gasteiger partial charge is 0.376 e. The first kappa shape index (κ1) is 21.6. The number of fused-ring (bicyclic) bond motifs is 1. The molecule has 0 saturated carbocycles. The topological polar surface area (TPSA) is 152 Å². The molecule has 4 amide bonds. The standard InChI is InChI=1S/C21H25N7O4/c1-12(15-11-27(26-25-15)10-3-2-9-22)23-14-6-4-5-13-18(14)21(32)28(20(13)31)16-7-8-17(29)24-19(16)30/h4-6,11-12,16,23H,2-3,7-10,22H2,1H3,(H,24,29,30). The highest BCUT2D eigenvalue weighted by Crippen LogP contribution is 2.33. The predicted molar refractivity (Wildman–Crippen MR) is 113 cm³/mol. The number of benzene rings is 1. The van der Waals surface area contributed by atoms with Crippen LogP contribution in [0.25, 0.3) is 0 Å². The van der Waals surface area contributed by atoms with Gasteiger partial charge in [-0.2, -0.15) is 0 Å². The van der Waals surface area contributed by atoms with Crippen molar-refractivity contribution < 1.29 is 19.2 Å². The first-order valence-corrected chi connectivity index (χ1v) is 10.6. The van der Waals surface area contributed by atoms with E-state index in [1.54, 1.807) is 22.9 Å². The number of imide groups is 2. The first-order chi connectivity index (χ1) is 15.4. The number of unbranched alkanes of at least 4 members (excludes halogenated alkanes) is 1. The van der Waals surface area contributed by atoms with Crippen LogP contribution < -0.4 is 16.4 Å². The molecule has 2 unspecified atom stereocenters. The fraction of sp³-hybridized carbons (Fsp3) is 0.429. The summed E-state index contributed by atoms with van der Waals surface area (Å²) in [7, 11) is 0. The highest BCUT2D eigenvalue weighted by molar-refractivity contribution is 6.25. The SMILES string of the molecule is CC(Nc1cccc2c1C(=O)N(C1CCC(=O)NC1=O)C2=O)c1cn(CCCCN)nn1. The van der Waals surface area contributed by atoms with Gasteiger partial charge < -0.3 is 11.1 Å². The van der Waals surface area contributed by atoms with E-state index < -0.39 is 29.7 Å². The maximum atomic E-state index is 13.2. The second-order valence-electron chi connectivity index (χ2n) is 7.94. The van der Waals surface area contributed by atoms with Crippen molar-refractivity contribution in [1.82, 2.24) is 25.2 Å². The van der Waals surface area contributed by atoms with Gasteiger partial charge in [-0.05, 0) is 44.9 Å². The Labute approximate surface area is 184 Å². The summed E-state index contributed by atoms with van der Waals surface area (Å²) < 4.78 is 1.75. The fourth-order valence-corrected chi connectivity index (χ4v) is 3.98. The van der Waals surface area contributed by atoms with E-state index >= 15 is 0 Å². The molecule has 11 heteroatoms. The van der Waals surface area contributed by atoms with Crippen LogP contribution >= 0.6 is 0 Å². The Hall–Kier alpha value is -3.60. The van der Waals surface area contributed by atoms with E-state index in [9.17, 15) is 19.2 Å². The Bertz CT molecular complexity index is 1080. The number of rotatable bonds is 8. The van der Waals surface area contributed by atoms with Gasteiger partial charge in [0.1, 0.15) is 11.7 Å². The molecule has 1 saturated heterocycles. The third-order valence-electron chi connectivity index (χ3n) is 5.68. The highest BCUT2D eigenvalue weighted by atomic mass is 16.2. The van der Waals surface area contributed by atoms with Crippen LogP contribution in [0.4, 0.5) is 5.69 Å². The number of carbonyl (C=O) groups is 4. The zero-order valence-corrected chi connectivity index (χ0v) is 17.7. The molecule has 1 aromatic heterocycles. The number of piperidine rings is 1. The molecule has 0 spiro atoms. The number of aromatic nitrogens is 3. The van der Waals surface area contributed by atoms with Gasteiger partial charge in [-0.15, -0.1) is 5.10 Å². The van der Waals surface area contributed by atoms with Gasteiger partial charge >= 0.3 is 0 Å². The molecule has 2 aliphatic rings. The average molecular weight is 439 g/mol. The molecule has 0 aliphatic carbocycles. The molecular formula is C21H25N7O4. The van der Waals surface area contributed by atoms with E-state index in [-0.39, 0.29) is 30.0 Å². The van der Waals surface area contributed by atoms with Crippen molar-refractivity contribution in [2.75, 3.05) is 11.9 Å². The molecule has 11 nitrogen and oxygen atoms in total. The molecule has 4 rings (SSSR count). The maximum absolute atomic E-state index is 13.2. The zero-order valence-electron chi connectivity index (χ0n) is 17.7. The van der Waals surface area contributed by atoms with E-state index in [1.807, 2.05) is 13.1 Å². The summed E-state index contributed by atoms with van der Waals surface area (Å²) in [4.78, 5) is 50.8. The molecule has 168 valence electrons. The normalized spacial score (nSPS) is 19.2. The Morgan fingerprint density at radius 1 is 1.22 bits per heavy atom. The molecule has 32 heavy (non-hydrogen) atoms. The number of carbonyl (C=O) groups excluding carboxylic acids is 4. The molecular weight excluding hydrogens is 414 g/mol. The van der Waals surface area contributed by atoms with E-state index in [2.05, 4.69) is 20.9 Å². The molecule has 2 aliphatic heterocycles. The van der Waals surface area contributed by atoms with Gasteiger partial charge in [0.05, 0.1) is 23.4 Å². The number of hydrogen-bond donors (Lipinski definition) is 3. The number of amides is 4. The molecule has 1 aromatic carbocycles. The van der Waals surface area contributed by atoms with Crippen LogP contribution in [0.3, 0.4) is 0 Å². The van der Waals surface area contributed by atoms with Gasteiger partial charge in [0.25, 0.3) is 11.8 Å². The van der Waals surface area contributed by atoms with Gasteiger partial charge in [0.2, 0.25) is 11.8 Å². The second kappa shape index (κ2) is 8.87. The van der Waals surface area contributed by atoms with Gasteiger partial charge in [-0.3, -0.25) is 34.1 Å². The second-order valence-corrected chi connectivity index (χ2v) is 7.94. The van der Waals surface area contributed by atoms with Crippen molar-refractivity contribution in [3.63, 3.8) is 0 Å². The number of hydrogen-bond acceptors (Lipinski definition) is 8. The minimum absolute atomic E-state index is 0.0763. The number of anilines is 1. The summed E-state index contributed by atoms with van der Waals surface area (Å²) in [6, 6.07) is 3.66. The molecule has 4 N–H and O–H groups in total. The third kappa shape index (κ3) is 3.98. The monoisotopic (exact) mass is 439 g/mol. The van der Waals surface area contributed by atoms with Gasteiger partial charge in [-0.25, -0.2) is 0 Å². The van der Waals surface area contributed by atoms with Crippen LogP contribution in [0.1, 0.15) is 65.1 Å². The van der Waals surface area contributed by atoms with Crippen molar-refractivity contribution in [2.45, 2.75) is 51.2 Å². The predicted octanol–water partition coefficient (Wildman–Crippen LogP) is 0.591. The summed E-state index contributed by atoms with van der Waals surface area (Å²) in [5.74, 6) is -2.14. The minimum atomic E-state index is -1.00. The maximum Gasteiger partial charge on any atom is 0.264 e. The van der Waals surface area contributed by atoms with Crippen molar-refractivity contribution >= 4 is 29.3 Å². The van der Waals surface area contributed by atoms with E-state index in [0.717, 1.165) is 17.7 Å². The van der Waals surface area contributed by atoms with Crippen LogP contribution in [0, 0.1) is 0 Å². The van der Waals surface area contributed by atoms with Crippen LogP contribution in [-0.4, -0.2) is 56.1 Å². The summed E-state index contributed by atoms with van der Waals surface area (Å²) in [6.45, 7) is 3.22. The van der Waals surface area contributed by atoms with Crippen molar-refractivity contribution in [2.24, 2.45) is 5.73 Å². The lowest BCUT2D eigenvalue weighted by Crippen LogP contribution is -2.54. The lowest BCUT2D eigenvalue weighted by atomic mass is 10.0. The molecule has 2 atom stereocenters. The lowest BCUT2D eigenvalue weighted by molar-refractivity contribution is -0.136. The van der Waals surface area contributed by atoms with Crippen LogP contribution in [-0.2, 0) is 16.1 Å². The molecule has 2 aromatic rings. The summed E-state index contributed by atoms with van der Waals surface area (Å²) in [5.41, 5.74) is 7.12. The molecule has 3 heterocycles. The smallest absolute Gasteiger partial charge is 0.264 e. The van der Waals surface area contributed by atoms with E-state index in [0.29, 0.717) is 24.5 Å². The lowest BCUT2D eigenvalue weighted by Gasteiger charge is -2.27. The summed E-state index contributed by atoms with van der Waals surface area (Å²) in [6.07, 6.45) is 3.83. The van der Waals surface area contributed by atoms with Crippen LogP contribution in [0.5, 0.6) is 0 Å². The molecule has 0 radical (unpaired) electrons. The zero-order chi connectivity index (χ0) is 22.8. The van der Waals surface area contributed by atoms with Crippen molar-refractivity contribution in [3.05, 3.63) is 41.2 Å². The van der Waals surface area contributed by atoms with Crippen LogP contribution in [0.2, 0.25) is 0 Å². The van der Waals surface area contributed by atoms with Crippen molar-refractivity contribution in [3.8, 4) is 0 Å². The number of nitrogens with one attached hydrogen (secondary N) is 2. The summed E-state index contributed by atoms with van der Waals surface area (Å²) >= 11 is 0. The van der Waals surface area contributed by atoms with E-state index in [4.69, 9.17) is 5.73 Å². The Morgan fingerprint density at radius 3 is 2.78 bits per heavy atom. The highest BCUT2D eigenvalue weighted by Gasteiger charge is 2.45. The number of nitrogens with two attached hydrogens (primary N) is 1. The average Bonchev–Trinajstić information content (AvgIpc) is 3.33. The number of nitrogens with zero attached hydrogens (tertiary/aromatic N) is 4. The Balaban J connectivity index is 1.53. The Morgan fingerprint density at radius 2 is 2.03 bits per heavy atom. The third-order valence-corrected chi connectivity index (χ3v) is 5.68. The van der Waals surface area contributed by atoms with Gasteiger partial charge in [0.15, 0.2) is 0 Å². The number of aryl methyl sites for hydroxylation is 1. The molecule has 0 bridgehead atoms. The van der Waals surface area contributed by atoms with Gasteiger partial charge in [0, 0.05) is 18.7 Å². The first-order valence-electron chi connectivity index (χ1n) is 10.6. The van der Waals surface area contributed by atoms with Crippen LogP contribution in [0.15, 0.2) is 24.4 Å². The van der Waals surface area contributed by atoms with Gasteiger partial charge in [-0.1, -0.05) is 11.3 Å². The minimum Gasteiger partial charge on any atom is -0.376 e. The van der Waals surface area contributed by atoms with Crippen molar-refractivity contribution in [1.29, 1.82) is 0 Å². The Kier molecular flexibility index (Phi) is 5.99. The fourth-order valence-electron chi connectivity index (χ4n) is 3.98. The molecule has 1 fully saturated rings. The summed E-state index contributed by atoms with van der Waals surface area (Å²) in [5, 5.41) is 13.8. The van der Waals surface area contributed by atoms with E-state index in [1.165, 1.54) is 0 Å². The quantitative estimate of drug-likeness (QED) is 0.399.